The van der Waals surface area contributed by atoms with Crippen molar-refractivity contribution >= 4 is 40.4 Å². The molecule has 3 rings (SSSR count). The zero-order chi connectivity index (χ0) is 15.0. The number of fused-ring (bicyclic) bond motifs is 1. The lowest BCUT2D eigenvalue weighted by Gasteiger charge is -2.06. The molecule has 0 N–H and O–H groups in total. The van der Waals surface area contributed by atoms with Crippen molar-refractivity contribution in [3.05, 3.63) is 47.7 Å². The van der Waals surface area contributed by atoms with Crippen LogP contribution in [0.3, 0.4) is 0 Å². The predicted octanol–water partition coefficient (Wildman–Crippen LogP) is 4.30. The Balaban J connectivity index is 1.77. The highest BCUT2D eigenvalue weighted by molar-refractivity contribution is 6.66. The molecular weight excluding hydrogens is 335 g/mol. The quantitative estimate of drug-likeness (QED) is 0.761. The van der Waals surface area contributed by atoms with Crippen molar-refractivity contribution in [3.8, 4) is 5.75 Å². The average Bonchev–Trinajstić information content (AvgIpc) is 3.04. The summed E-state index contributed by atoms with van der Waals surface area (Å²) in [6.07, 6.45) is 2.67. The van der Waals surface area contributed by atoms with Gasteiger partial charge in [0.2, 0.25) is 5.89 Å². The van der Waals surface area contributed by atoms with Crippen LogP contribution in [-0.4, -0.2) is 16.3 Å². The lowest BCUT2D eigenvalue weighted by Crippen LogP contribution is -2.09. The Morgan fingerprint density at radius 3 is 2.71 bits per heavy atom. The first-order valence-electron chi connectivity index (χ1n) is 6.27. The molecule has 1 aliphatic rings. The number of ether oxygens (including phenoxy) is 1. The molecule has 0 aliphatic carbocycles. The number of para-hydroxylation sites is 1. The molecular formula is C14H11Cl3N2O2. The fourth-order valence-electron chi connectivity index (χ4n) is 2.15. The Labute approximate surface area is 136 Å². The van der Waals surface area contributed by atoms with E-state index >= 15 is 0 Å². The third kappa shape index (κ3) is 3.18. The number of alkyl halides is 3. The van der Waals surface area contributed by atoms with Gasteiger partial charge in [0.1, 0.15) is 11.9 Å². The third-order valence-corrected chi connectivity index (χ3v) is 3.60. The first-order chi connectivity index (χ1) is 9.93. The van der Waals surface area contributed by atoms with Crippen LogP contribution in [0, 0.1) is 0 Å². The Morgan fingerprint density at radius 1 is 1.29 bits per heavy atom. The molecule has 1 aromatic heterocycles. The molecule has 1 aromatic carbocycles. The number of hydrogen-bond donors (Lipinski definition) is 0. The topological polar surface area (TPSA) is 48.2 Å². The Morgan fingerprint density at radius 2 is 2.05 bits per heavy atom. The van der Waals surface area contributed by atoms with Crippen LogP contribution in [0.15, 0.2) is 34.8 Å². The van der Waals surface area contributed by atoms with Crippen LogP contribution in [0.1, 0.15) is 24.3 Å². The van der Waals surface area contributed by atoms with Crippen molar-refractivity contribution in [3.63, 3.8) is 0 Å². The van der Waals surface area contributed by atoms with E-state index in [2.05, 4.69) is 10.2 Å². The SMILES string of the molecule is CC(=CC1Cc2ccccc2O1)c1nnc(C(Cl)(Cl)Cl)o1. The highest BCUT2D eigenvalue weighted by Crippen LogP contribution is 2.37. The Kier molecular flexibility index (Phi) is 3.86. The van der Waals surface area contributed by atoms with Crippen molar-refractivity contribution < 1.29 is 9.15 Å². The van der Waals surface area contributed by atoms with Crippen LogP contribution in [-0.2, 0) is 10.2 Å². The minimum absolute atomic E-state index is 0.0501. The predicted molar refractivity (Wildman–Crippen MR) is 81.7 cm³/mol. The minimum Gasteiger partial charge on any atom is -0.486 e. The third-order valence-electron chi connectivity index (χ3n) is 3.11. The smallest absolute Gasteiger partial charge is 0.268 e. The maximum atomic E-state index is 5.83. The van der Waals surface area contributed by atoms with Gasteiger partial charge in [-0.3, -0.25) is 0 Å². The molecule has 2 heterocycles. The van der Waals surface area contributed by atoms with E-state index in [1.54, 1.807) is 0 Å². The van der Waals surface area contributed by atoms with Gasteiger partial charge in [0.05, 0.1) is 0 Å². The minimum atomic E-state index is -1.72. The van der Waals surface area contributed by atoms with Crippen molar-refractivity contribution in [1.82, 2.24) is 10.2 Å². The number of hydrogen-bond acceptors (Lipinski definition) is 4. The molecule has 0 radical (unpaired) electrons. The highest BCUT2D eigenvalue weighted by Gasteiger charge is 2.30. The molecule has 110 valence electrons. The Bertz CT molecular complexity index is 667. The Hall–Kier alpha value is -1.23. The second-order valence-electron chi connectivity index (χ2n) is 4.73. The summed E-state index contributed by atoms with van der Waals surface area (Å²) in [6, 6.07) is 7.94. The highest BCUT2D eigenvalue weighted by atomic mass is 35.6. The average molecular weight is 346 g/mol. The molecule has 0 amide bonds. The van der Waals surface area contributed by atoms with Gasteiger partial charge in [0.15, 0.2) is 0 Å². The lowest BCUT2D eigenvalue weighted by atomic mass is 10.1. The lowest BCUT2D eigenvalue weighted by molar-refractivity contribution is 0.283. The molecule has 0 bridgehead atoms. The first kappa shape index (κ1) is 14.7. The van der Waals surface area contributed by atoms with Crippen LogP contribution >= 0.6 is 34.8 Å². The summed E-state index contributed by atoms with van der Waals surface area (Å²) in [5, 5.41) is 7.61. The largest absolute Gasteiger partial charge is 0.486 e. The standard InChI is InChI=1S/C14H11Cl3N2O2/c1-8(12-18-19-13(21-12)14(15,16)17)6-10-7-9-4-2-3-5-11(9)20-10/h2-6,10H,7H2,1H3. The fraction of sp³-hybridized carbons (Fsp3) is 0.286. The molecule has 1 aliphatic heterocycles. The normalized spacial score (nSPS) is 18.5. The van der Waals surface area contributed by atoms with Crippen molar-refractivity contribution in [2.24, 2.45) is 0 Å². The van der Waals surface area contributed by atoms with Crippen molar-refractivity contribution in [1.29, 1.82) is 0 Å². The molecule has 0 fully saturated rings. The first-order valence-corrected chi connectivity index (χ1v) is 7.41. The van der Waals surface area contributed by atoms with Crippen LogP contribution < -0.4 is 4.74 Å². The summed E-state index contributed by atoms with van der Waals surface area (Å²) in [7, 11) is 0. The molecule has 2 aromatic rings. The summed E-state index contributed by atoms with van der Waals surface area (Å²) in [5.41, 5.74) is 1.96. The van der Waals surface area contributed by atoms with Crippen LogP contribution in [0.5, 0.6) is 5.75 Å². The maximum Gasteiger partial charge on any atom is 0.268 e. The second kappa shape index (κ2) is 5.52. The van der Waals surface area contributed by atoms with E-state index in [4.69, 9.17) is 44.0 Å². The van der Waals surface area contributed by atoms with Crippen LogP contribution in [0.2, 0.25) is 0 Å². The number of nitrogens with zero attached hydrogens (tertiary/aromatic N) is 2. The van der Waals surface area contributed by atoms with E-state index in [1.165, 1.54) is 5.56 Å². The molecule has 4 nitrogen and oxygen atoms in total. The van der Waals surface area contributed by atoms with Gasteiger partial charge in [0.25, 0.3) is 9.68 Å². The molecule has 1 atom stereocenters. The summed E-state index contributed by atoms with van der Waals surface area (Å²) < 4.78 is 9.47. The molecule has 0 saturated heterocycles. The van der Waals surface area contributed by atoms with E-state index in [-0.39, 0.29) is 12.0 Å². The van der Waals surface area contributed by atoms with Gasteiger partial charge in [-0.2, -0.15) is 0 Å². The molecule has 0 saturated carbocycles. The zero-order valence-electron chi connectivity index (χ0n) is 11.0. The fourth-order valence-corrected chi connectivity index (χ4v) is 2.38. The van der Waals surface area contributed by atoms with Gasteiger partial charge in [-0.15, -0.1) is 10.2 Å². The van der Waals surface area contributed by atoms with E-state index in [1.807, 2.05) is 37.3 Å². The van der Waals surface area contributed by atoms with Gasteiger partial charge in [-0.25, -0.2) is 0 Å². The van der Waals surface area contributed by atoms with Crippen molar-refractivity contribution in [2.45, 2.75) is 23.2 Å². The molecule has 7 heteroatoms. The van der Waals surface area contributed by atoms with Gasteiger partial charge in [-0.05, 0) is 24.6 Å². The summed E-state index contributed by atoms with van der Waals surface area (Å²) >= 11 is 17.1. The zero-order valence-corrected chi connectivity index (χ0v) is 13.3. The summed E-state index contributed by atoms with van der Waals surface area (Å²) in [4.78, 5) is 0. The van der Waals surface area contributed by atoms with Crippen LogP contribution in [0.4, 0.5) is 0 Å². The maximum absolute atomic E-state index is 5.83. The monoisotopic (exact) mass is 344 g/mol. The van der Waals surface area contributed by atoms with Gasteiger partial charge < -0.3 is 9.15 Å². The van der Waals surface area contributed by atoms with Gasteiger partial charge >= 0.3 is 0 Å². The van der Waals surface area contributed by atoms with Crippen molar-refractivity contribution in [2.75, 3.05) is 0 Å². The molecule has 0 spiro atoms. The summed E-state index contributed by atoms with van der Waals surface area (Å²) in [5.74, 6) is 1.17. The number of benzene rings is 1. The molecule has 21 heavy (non-hydrogen) atoms. The molecule has 1 unspecified atom stereocenters. The van der Waals surface area contributed by atoms with Crippen LogP contribution in [0.25, 0.3) is 5.57 Å². The van der Waals surface area contributed by atoms with E-state index in [9.17, 15) is 0 Å². The number of aromatic nitrogens is 2. The number of allylic oxidation sites excluding steroid dienone is 1. The van der Waals surface area contributed by atoms with Gasteiger partial charge in [0, 0.05) is 12.0 Å². The number of rotatable bonds is 2. The second-order valence-corrected chi connectivity index (χ2v) is 7.01. The van der Waals surface area contributed by atoms with Gasteiger partial charge in [-0.1, -0.05) is 53.0 Å². The number of halogens is 3. The van der Waals surface area contributed by atoms with E-state index in [0.29, 0.717) is 5.89 Å². The van der Waals surface area contributed by atoms with E-state index < -0.39 is 3.79 Å². The summed E-state index contributed by atoms with van der Waals surface area (Å²) in [6.45, 7) is 1.85. The van der Waals surface area contributed by atoms with E-state index in [0.717, 1.165) is 17.7 Å².